The molecule has 0 amide bonds. The second-order valence-electron chi connectivity index (χ2n) is 2.60. The molecule has 0 fully saturated rings. The molecule has 0 aliphatic heterocycles. The third-order valence-electron chi connectivity index (χ3n) is 1.62. The molecule has 0 heterocycles. The molecule has 0 aliphatic rings. The second-order valence-corrected chi connectivity index (χ2v) is 2.60. The van der Waals surface area contributed by atoms with Crippen LogP contribution in [0.25, 0.3) is 6.08 Å². The average Bonchev–Trinajstić information content (AvgIpc) is 2.15. The minimum atomic E-state index is -1.30. The Bertz CT molecular complexity index is 442. The van der Waals surface area contributed by atoms with Crippen molar-refractivity contribution in [3.05, 3.63) is 45.8 Å². The number of nitro benzene ring substituents is 1. The highest BCUT2D eigenvalue weighted by molar-refractivity contribution is 5.86. The molecule has 0 aromatic heterocycles. The van der Waals surface area contributed by atoms with Crippen molar-refractivity contribution in [1.82, 2.24) is 0 Å². The lowest BCUT2D eigenvalue weighted by atomic mass is 10.1. The van der Waals surface area contributed by atoms with Gasteiger partial charge in [0.2, 0.25) is 0 Å². The topological polar surface area (TPSA) is 80.4 Å². The minimum Gasteiger partial charge on any atom is -0.478 e. The normalized spacial score (nSPS) is 10.5. The van der Waals surface area contributed by atoms with Gasteiger partial charge >= 0.3 is 5.97 Å². The molecule has 0 saturated heterocycles. The zero-order valence-corrected chi connectivity index (χ0v) is 7.38. The van der Waals surface area contributed by atoms with Crippen LogP contribution in [0.1, 0.15) is 5.56 Å². The molecule has 0 spiro atoms. The highest BCUT2D eigenvalue weighted by Crippen LogP contribution is 2.22. The van der Waals surface area contributed by atoms with E-state index >= 15 is 0 Å². The highest BCUT2D eigenvalue weighted by Gasteiger charge is 2.14. The van der Waals surface area contributed by atoms with Gasteiger partial charge in [-0.3, -0.25) is 10.1 Å². The van der Waals surface area contributed by atoms with Gasteiger partial charge in [-0.05, 0) is 12.1 Å². The maximum absolute atomic E-state index is 13.1. The molecule has 5 nitrogen and oxygen atoms in total. The van der Waals surface area contributed by atoms with Gasteiger partial charge in [0.1, 0.15) is 5.82 Å². The van der Waals surface area contributed by atoms with Crippen LogP contribution in [-0.4, -0.2) is 16.0 Å². The highest BCUT2D eigenvalue weighted by atomic mass is 19.1. The van der Waals surface area contributed by atoms with Crippen molar-refractivity contribution in [3.63, 3.8) is 0 Å². The van der Waals surface area contributed by atoms with E-state index in [0.29, 0.717) is 6.08 Å². The molecule has 78 valence electrons. The van der Waals surface area contributed by atoms with Crippen LogP contribution in [0.2, 0.25) is 0 Å². The first-order valence-electron chi connectivity index (χ1n) is 3.86. The Kier molecular flexibility index (Phi) is 3.12. The fraction of sp³-hybridized carbons (Fsp3) is 0. The van der Waals surface area contributed by atoms with Crippen molar-refractivity contribution < 1.29 is 19.2 Å². The molecule has 1 aromatic carbocycles. The molecule has 1 rings (SSSR count). The molecular formula is C9H6FNO4. The average molecular weight is 211 g/mol. The first-order chi connectivity index (χ1) is 7.02. The predicted molar refractivity (Wildman–Crippen MR) is 49.7 cm³/mol. The summed E-state index contributed by atoms with van der Waals surface area (Å²) >= 11 is 0. The Morgan fingerprint density at radius 1 is 1.53 bits per heavy atom. The third kappa shape index (κ3) is 2.60. The van der Waals surface area contributed by atoms with Gasteiger partial charge in [-0.2, -0.15) is 0 Å². The Hall–Kier alpha value is -2.24. The van der Waals surface area contributed by atoms with Crippen molar-refractivity contribution in [2.75, 3.05) is 0 Å². The van der Waals surface area contributed by atoms with E-state index in [0.717, 1.165) is 18.2 Å². The number of hydrogen-bond donors (Lipinski definition) is 1. The molecule has 0 atom stereocenters. The van der Waals surface area contributed by atoms with Crippen LogP contribution in [0.5, 0.6) is 0 Å². The summed E-state index contributed by atoms with van der Waals surface area (Å²) in [5.74, 6) is -2.13. The van der Waals surface area contributed by atoms with Gasteiger partial charge < -0.3 is 5.11 Å². The standard InChI is InChI=1S/C9H6FNO4/c10-7-2-1-3-8(11(14)15)6(7)4-5-9(12)13/h1-5H,(H,12,13). The van der Waals surface area contributed by atoms with Crippen molar-refractivity contribution >= 4 is 17.7 Å². The number of benzene rings is 1. The van der Waals surface area contributed by atoms with Gasteiger partial charge in [0.25, 0.3) is 5.69 Å². The van der Waals surface area contributed by atoms with Gasteiger partial charge in [0, 0.05) is 12.1 Å². The van der Waals surface area contributed by atoms with E-state index in [4.69, 9.17) is 5.11 Å². The molecule has 15 heavy (non-hydrogen) atoms. The lowest BCUT2D eigenvalue weighted by Crippen LogP contribution is -1.95. The van der Waals surface area contributed by atoms with E-state index in [2.05, 4.69) is 0 Å². The van der Waals surface area contributed by atoms with Gasteiger partial charge in [-0.1, -0.05) is 6.07 Å². The summed E-state index contributed by atoms with van der Waals surface area (Å²) in [7, 11) is 0. The van der Waals surface area contributed by atoms with Crippen LogP contribution in [-0.2, 0) is 4.79 Å². The summed E-state index contributed by atoms with van der Waals surface area (Å²) in [4.78, 5) is 19.9. The molecule has 0 bridgehead atoms. The molecule has 0 saturated carbocycles. The van der Waals surface area contributed by atoms with Crippen molar-refractivity contribution in [3.8, 4) is 0 Å². The van der Waals surface area contributed by atoms with Crippen LogP contribution >= 0.6 is 0 Å². The number of halogens is 1. The van der Waals surface area contributed by atoms with Gasteiger partial charge in [0.15, 0.2) is 0 Å². The number of hydrogen-bond acceptors (Lipinski definition) is 3. The summed E-state index contributed by atoms with van der Waals surface area (Å²) < 4.78 is 13.1. The Morgan fingerprint density at radius 2 is 2.20 bits per heavy atom. The van der Waals surface area contributed by atoms with Crippen molar-refractivity contribution in [2.45, 2.75) is 0 Å². The third-order valence-corrected chi connectivity index (χ3v) is 1.62. The van der Waals surface area contributed by atoms with E-state index in [-0.39, 0.29) is 5.56 Å². The molecule has 1 aromatic rings. The van der Waals surface area contributed by atoms with Crippen LogP contribution in [0.3, 0.4) is 0 Å². The lowest BCUT2D eigenvalue weighted by Gasteiger charge is -1.97. The maximum atomic E-state index is 13.1. The number of nitro groups is 1. The summed E-state index contributed by atoms with van der Waals surface area (Å²) in [6.45, 7) is 0. The van der Waals surface area contributed by atoms with Crippen LogP contribution in [0, 0.1) is 15.9 Å². The monoisotopic (exact) mass is 211 g/mol. The minimum absolute atomic E-state index is 0.343. The molecule has 0 unspecified atom stereocenters. The Balaban J connectivity index is 3.25. The SMILES string of the molecule is O=C(O)C=Cc1c(F)cccc1[N+](=O)[O-]. The fourth-order valence-corrected chi connectivity index (χ4v) is 1.00. The Labute approximate surface area is 83.6 Å². The van der Waals surface area contributed by atoms with Crippen LogP contribution in [0.15, 0.2) is 24.3 Å². The van der Waals surface area contributed by atoms with E-state index in [9.17, 15) is 19.3 Å². The number of carboxylic acids is 1. The molecule has 0 radical (unpaired) electrons. The number of carboxylic acid groups (broad SMARTS) is 1. The van der Waals surface area contributed by atoms with E-state index in [1.807, 2.05) is 0 Å². The smallest absolute Gasteiger partial charge is 0.328 e. The summed E-state index contributed by atoms with van der Waals surface area (Å²) in [5.41, 5.74) is -0.808. The first-order valence-corrected chi connectivity index (χ1v) is 3.86. The van der Waals surface area contributed by atoms with Crippen LogP contribution in [0.4, 0.5) is 10.1 Å². The van der Waals surface area contributed by atoms with Crippen molar-refractivity contribution in [2.24, 2.45) is 0 Å². The summed E-state index contributed by atoms with van der Waals surface area (Å²) in [6, 6.07) is 3.31. The van der Waals surface area contributed by atoms with Gasteiger partial charge in [0.05, 0.1) is 10.5 Å². The van der Waals surface area contributed by atoms with Crippen LogP contribution < -0.4 is 0 Å². The maximum Gasteiger partial charge on any atom is 0.328 e. The quantitative estimate of drug-likeness (QED) is 0.469. The van der Waals surface area contributed by atoms with Gasteiger partial charge in [-0.15, -0.1) is 0 Å². The Morgan fingerprint density at radius 3 is 2.73 bits per heavy atom. The number of aliphatic carboxylic acids is 1. The zero-order chi connectivity index (χ0) is 11.4. The molecule has 6 heteroatoms. The number of carbonyl (C=O) groups is 1. The summed E-state index contributed by atoms with van der Waals surface area (Å²) in [5, 5.41) is 18.8. The van der Waals surface area contributed by atoms with E-state index < -0.39 is 22.4 Å². The first kappa shape index (κ1) is 10.8. The number of nitrogens with zero attached hydrogens (tertiary/aromatic N) is 1. The zero-order valence-electron chi connectivity index (χ0n) is 7.38. The second kappa shape index (κ2) is 4.32. The largest absolute Gasteiger partial charge is 0.478 e. The van der Waals surface area contributed by atoms with E-state index in [1.165, 1.54) is 6.07 Å². The fourth-order valence-electron chi connectivity index (χ4n) is 1.00. The summed E-state index contributed by atoms with van der Waals surface area (Å²) in [6.07, 6.45) is 1.50. The molecule has 1 N–H and O–H groups in total. The van der Waals surface area contributed by atoms with E-state index in [1.54, 1.807) is 0 Å². The van der Waals surface area contributed by atoms with Crippen molar-refractivity contribution in [1.29, 1.82) is 0 Å². The lowest BCUT2D eigenvalue weighted by molar-refractivity contribution is -0.385. The van der Waals surface area contributed by atoms with Gasteiger partial charge in [-0.25, -0.2) is 9.18 Å². The predicted octanol–water partition coefficient (Wildman–Crippen LogP) is 1.83. The molecular weight excluding hydrogens is 205 g/mol. The molecule has 0 aliphatic carbocycles. The number of rotatable bonds is 3.